The molecule has 0 saturated carbocycles. The lowest BCUT2D eigenvalue weighted by Crippen LogP contribution is -2.10. The quantitative estimate of drug-likeness (QED) is 0.657. The third-order valence-corrected chi connectivity index (χ3v) is 2.47. The summed E-state index contributed by atoms with van der Waals surface area (Å²) in [6.07, 6.45) is 2.80. The normalized spacial score (nSPS) is 10.1. The molecular formula is C10H7ClN4O3. The summed E-state index contributed by atoms with van der Waals surface area (Å²) in [5.74, 6) is -0.381. The number of carbonyl (C=O) groups excluding carboxylic acids is 1. The van der Waals surface area contributed by atoms with Crippen molar-refractivity contribution in [2.75, 3.05) is 5.32 Å². The van der Waals surface area contributed by atoms with E-state index < -0.39 is 4.92 Å². The Kier molecular flexibility index (Phi) is 3.24. The summed E-state index contributed by atoms with van der Waals surface area (Å²) >= 11 is 5.72. The van der Waals surface area contributed by atoms with E-state index in [1.807, 2.05) is 0 Å². The van der Waals surface area contributed by atoms with Crippen molar-refractivity contribution >= 4 is 28.9 Å². The second-order valence-corrected chi connectivity index (χ2v) is 3.77. The van der Waals surface area contributed by atoms with Crippen LogP contribution in [-0.4, -0.2) is 21.0 Å². The minimum absolute atomic E-state index is 0.0370. The fourth-order valence-corrected chi connectivity index (χ4v) is 1.56. The number of hydrogen-bond donors (Lipinski definition) is 2. The molecule has 0 radical (unpaired) electrons. The van der Waals surface area contributed by atoms with Crippen LogP contribution in [-0.2, 0) is 0 Å². The summed E-state index contributed by atoms with van der Waals surface area (Å²) in [4.78, 5) is 21.6. The number of nitrogens with one attached hydrogen (secondary N) is 2. The number of carbonyl (C=O) groups is 1. The van der Waals surface area contributed by atoms with Crippen LogP contribution in [0.15, 0.2) is 30.6 Å². The van der Waals surface area contributed by atoms with Crippen molar-refractivity contribution in [3.63, 3.8) is 0 Å². The number of H-pyrrole nitrogens is 1. The van der Waals surface area contributed by atoms with E-state index in [0.29, 0.717) is 11.3 Å². The van der Waals surface area contributed by atoms with Crippen LogP contribution < -0.4 is 5.32 Å². The fourth-order valence-electron chi connectivity index (χ4n) is 1.31. The Balaban J connectivity index is 2.18. The van der Waals surface area contributed by atoms with Gasteiger partial charge in [-0.1, -0.05) is 11.6 Å². The highest BCUT2D eigenvalue weighted by Gasteiger charge is 2.13. The molecule has 92 valence electrons. The van der Waals surface area contributed by atoms with Gasteiger partial charge in [-0.25, -0.2) is 0 Å². The van der Waals surface area contributed by atoms with Crippen LogP contribution in [0.1, 0.15) is 10.4 Å². The van der Waals surface area contributed by atoms with Gasteiger partial charge in [0.15, 0.2) is 0 Å². The predicted octanol–water partition coefficient (Wildman–Crippen LogP) is 2.22. The van der Waals surface area contributed by atoms with E-state index in [1.165, 1.54) is 30.6 Å². The molecule has 1 amide bonds. The van der Waals surface area contributed by atoms with E-state index in [1.54, 1.807) is 0 Å². The van der Waals surface area contributed by atoms with E-state index in [4.69, 9.17) is 11.6 Å². The zero-order valence-electron chi connectivity index (χ0n) is 8.88. The smallest absolute Gasteiger partial charge is 0.288 e. The Hall–Kier alpha value is -2.41. The van der Waals surface area contributed by atoms with E-state index in [-0.39, 0.29) is 16.6 Å². The number of rotatable bonds is 3. The number of nitrogens with zero attached hydrogens (tertiary/aromatic N) is 2. The van der Waals surface area contributed by atoms with Crippen LogP contribution in [0.25, 0.3) is 0 Å². The minimum atomic E-state index is -0.593. The molecule has 0 aliphatic rings. The van der Waals surface area contributed by atoms with Gasteiger partial charge in [-0.05, 0) is 12.1 Å². The summed E-state index contributed by atoms with van der Waals surface area (Å²) in [6.45, 7) is 0. The molecular weight excluding hydrogens is 260 g/mol. The third-order valence-electron chi connectivity index (χ3n) is 2.16. The molecule has 0 saturated heterocycles. The molecule has 8 heteroatoms. The summed E-state index contributed by atoms with van der Waals surface area (Å²) in [7, 11) is 0. The van der Waals surface area contributed by atoms with Gasteiger partial charge in [0.2, 0.25) is 0 Å². The SMILES string of the molecule is O=C(Nc1ccc([N+](=O)[O-])c(Cl)c1)c1cn[nH]c1. The standard InChI is InChI=1S/C10H7ClN4O3/c11-8-3-7(1-2-9(8)15(17)18)14-10(16)6-4-12-13-5-6/h1-5H,(H,12,13)(H,14,16). The molecule has 0 atom stereocenters. The van der Waals surface area contributed by atoms with Crippen LogP contribution >= 0.6 is 11.6 Å². The highest BCUT2D eigenvalue weighted by Crippen LogP contribution is 2.27. The number of halogens is 1. The second-order valence-electron chi connectivity index (χ2n) is 3.36. The van der Waals surface area contributed by atoms with Crippen molar-refractivity contribution in [2.45, 2.75) is 0 Å². The Bertz CT molecular complexity index is 597. The maximum atomic E-state index is 11.7. The molecule has 0 spiro atoms. The zero-order valence-corrected chi connectivity index (χ0v) is 9.64. The van der Waals surface area contributed by atoms with Crippen molar-refractivity contribution in [2.24, 2.45) is 0 Å². The van der Waals surface area contributed by atoms with E-state index in [0.717, 1.165) is 0 Å². The third kappa shape index (κ3) is 2.46. The monoisotopic (exact) mass is 266 g/mol. The summed E-state index contributed by atoms with van der Waals surface area (Å²) in [5, 5.41) is 19.2. The van der Waals surface area contributed by atoms with Gasteiger partial charge in [-0.3, -0.25) is 20.0 Å². The summed E-state index contributed by atoms with van der Waals surface area (Å²) in [5.41, 5.74) is 0.513. The van der Waals surface area contributed by atoms with E-state index in [9.17, 15) is 14.9 Å². The van der Waals surface area contributed by atoms with Gasteiger partial charge in [0.25, 0.3) is 11.6 Å². The van der Waals surface area contributed by atoms with Gasteiger partial charge >= 0.3 is 0 Å². The molecule has 18 heavy (non-hydrogen) atoms. The number of aromatic nitrogens is 2. The highest BCUT2D eigenvalue weighted by atomic mass is 35.5. The van der Waals surface area contributed by atoms with Gasteiger partial charge in [0.05, 0.1) is 16.7 Å². The van der Waals surface area contributed by atoms with Gasteiger partial charge in [0, 0.05) is 18.0 Å². The first kappa shape index (κ1) is 12.1. The molecule has 0 aliphatic heterocycles. The van der Waals surface area contributed by atoms with Crippen LogP contribution in [0.5, 0.6) is 0 Å². The Morgan fingerprint density at radius 2 is 2.28 bits per heavy atom. The number of anilines is 1. The number of nitro benzene ring substituents is 1. The van der Waals surface area contributed by atoms with Crippen molar-refractivity contribution in [1.82, 2.24) is 10.2 Å². The highest BCUT2D eigenvalue weighted by molar-refractivity contribution is 6.33. The molecule has 0 aliphatic carbocycles. The first-order valence-corrected chi connectivity index (χ1v) is 5.20. The van der Waals surface area contributed by atoms with Crippen molar-refractivity contribution in [3.8, 4) is 0 Å². The predicted molar refractivity (Wildman–Crippen MR) is 64.6 cm³/mol. The average molecular weight is 267 g/mol. The van der Waals surface area contributed by atoms with Gasteiger partial charge in [-0.15, -0.1) is 0 Å². The van der Waals surface area contributed by atoms with Crippen LogP contribution in [0, 0.1) is 10.1 Å². The van der Waals surface area contributed by atoms with Crippen molar-refractivity contribution in [1.29, 1.82) is 0 Å². The fraction of sp³-hybridized carbons (Fsp3) is 0. The zero-order chi connectivity index (χ0) is 13.1. The molecule has 2 aromatic rings. The lowest BCUT2D eigenvalue weighted by Gasteiger charge is -2.04. The first-order valence-electron chi connectivity index (χ1n) is 4.82. The molecule has 2 N–H and O–H groups in total. The lowest BCUT2D eigenvalue weighted by atomic mass is 10.2. The van der Waals surface area contributed by atoms with E-state index in [2.05, 4.69) is 15.5 Å². The maximum Gasteiger partial charge on any atom is 0.288 e. The molecule has 0 unspecified atom stereocenters. The number of nitro groups is 1. The molecule has 2 rings (SSSR count). The average Bonchev–Trinajstić information content (AvgIpc) is 2.81. The molecule has 0 fully saturated rings. The molecule has 1 heterocycles. The number of hydrogen-bond acceptors (Lipinski definition) is 4. The minimum Gasteiger partial charge on any atom is -0.322 e. The van der Waals surface area contributed by atoms with Crippen molar-refractivity contribution < 1.29 is 9.72 Å². The van der Waals surface area contributed by atoms with Crippen LogP contribution in [0.2, 0.25) is 5.02 Å². The number of benzene rings is 1. The largest absolute Gasteiger partial charge is 0.322 e. The lowest BCUT2D eigenvalue weighted by molar-refractivity contribution is -0.384. The molecule has 1 aromatic heterocycles. The summed E-state index contributed by atoms with van der Waals surface area (Å²) < 4.78 is 0. The molecule has 7 nitrogen and oxygen atoms in total. The molecule has 0 bridgehead atoms. The van der Waals surface area contributed by atoms with E-state index >= 15 is 0 Å². The Morgan fingerprint density at radius 3 is 2.83 bits per heavy atom. The Morgan fingerprint density at radius 1 is 1.50 bits per heavy atom. The van der Waals surface area contributed by atoms with Gasteiger partial charge < -0.3 is 5.32 Å². The Labute approximate surface area is 106 Å². The van der Waals surface area contributed by atoms with Gasteiger partial charge in [-0.2, -0.15) is 5.10 Å². The van der Waals surface area contributed by atoms with Crippen LogP contribution in [0.3, 0.4) is 0 Å². The number of aromatic amines is 1. The number of amides is 1. The summed E-state index contributed by atoms with van der Waals surface area (Å²) in [6, 6.07) is 3.95. The van der Waals surface area contributed by atoms with Crippen LogP contribution in [0.4, 0.5) is 11.4 Å². The maximum absolute atomic E-state index is 11.7. The van der Waals surface area contributed by atoms with Gasteiger partial charge in [0.1, 0.15) is 5.02 Å². The molecule has 1 aromatic carbocycles. The second kappa shape index (κ2) is 4.84. The topological polar surface area (TPSA) is 101 Å². The first-order chi connectivity index (χ1) is 8.58. The van der Waals surface area contributed by atoms with Crippen molar-refractivity contribution in [3.05, 3.63) is 51.3 Å².